The fourth-order valence-corrected chi connectivity index (χ4v) is 2.76. The number of carbonyl (C=O) groups is 1. The van der Waals surface area contributed by atoms with Crippen LogP contribution < -0.4 is 20.7 Å². The van der Waals surface area contributed by atoms with Crippen LogP contribution >= 0.6 is 0 Å². The lowest BCUT2D eigenvalue weighted by atomic mass is 10.2. The summed E-state index contributed by atoms with van der Waals surface area (Å²) in [5, 5.41) is 9.43. The summed E-state index contributed by atoms with van der Waals surface area (Å²) in [5.74, 6) is -0.621. The van der Waals surface area contributed by atoms with Crippen molar-refractivity contribution in [1.29, 1.82) is 0 Å². The maximum absolute atomic E-state index is 13.1. The number of hydrogen-bond acceptors (Lipinski definition) is 6. The third kappa shape index (κ3) is 4.03. The summed E-state index contributed by atoms with van der Waals surface area (Å²) >= 11 is 0. The number of methoxy groups -OCH3 is 2. The molecule has 2 rings (SSSR count). The van der Waals surface area contributed by atoms with Crippen molar-refractivity contribution in [2.24, 2.45) is 0 Å². The molecule has 1 aromatic heterocycles. The van der Waals surface area contributed by atoms with Gasteiger partial charge in [0.25, 0.3) is 5.56 Å². The molecule has 0 fully saturated rings. The zero-order chi connectivity index (χ0) is 20.1. The Hall–Kier alpha value is -3.07. The van der Waals surface area contributed by atoms with E-state index >= 15 is 0 Å². The largest absolute Gasteiger partial charge is 0.497 e. The van der Waals surface area contributed by atoms with Crippen LogP contribution in [-0.2, 0) is 6.54 Å². The van der Waals surface area contributed by atoms with Crippen molar-refractivity contribution >= 4 is 5.97 Å². The molecule has 1 aromatic carbocycles. The topological polar surface area (TPSA) is 114 Å². The predicted molar refractivity (Wildman–Crippen MR) is 99.3 cm³/mol. The first-order valence-corrected chi connectivity index (χ1v) is 8.44. The second-order valence-electron chi connectivity index (χ2n) is 5.73. The molecule has 0 aliphatic rings. The molecule has 1 heterocycles. The summed E-state index contributed by atoms with van der Waals surface area (Å²) in [6.07, 6.45) is 0. The zero-order valence-corrected chi connectivity index (χ0v) is 15.7. The van der Waals surface area contributed by atoms with Crippen molar-refractivity contribution < 1.29 is 19.4 Å². The van der Waals surface area contributed by atoms with Crippen molar-refractivity contribution in [1.82, 2.24) is 14.5 Å². The number of hydrogen-bond donors (Lipinski definition) is 2. The predicted octanol–water partition coefficient (Wildman–Crippen LogP) is 1.08. The molecule has 0 unspecified atom stereocenters. The van der Waals surface area contributed by atoms with Gasteiger partial charge in [-0.1, -0.05) is 13.8 Å². The maximum Gasteiger partial charge on any atom is 0.352 e. The van der Waals surface area contributed by atoms with Gasteiger partial charge in [-0.25, -0.2) is 14.2 Å². The molecule has 0 atom stereocenters. The van der Waals surface area contributed by atoms with Crippen molar-refractivity contribution in [2.45, 2.75) is 20.4 Å². The molecule has 0 saturated heterocycles. The van der Waals surface area contributed by atoms with Gasteiger partial charge in [-0.15, -0.1) is 0 Å². The van der Waals surface area contributed by atoms with Gasteiger partial charge in [0, 0.05) is 12.6 Å². The van der Waals surface area contributed by atoms with Crippen molar-refractivity contribution in [3.8, 4) is 17.2 Å². The van der Waals surface area contributed by atoms with Gasteiger partial charge in [0.2, 0.25) is 0 Å². The summed E-state index contributed by atoms with van der Waals surface area (Å²) in [4.78, 5) is 41.3. The van der Waals surface area contributed by atoms with E-state index in [0.717, 1.165) is 4.57 Å². The Morgan fingerprint density at radius 2 is 1.85 bits per heavy atom. The Balaban J connectivity index is 2.77. The summed E-state index contributed by atoms with van der Waals surface area (Å²) in [5.41, 5.74) is -1.76. The van der Waals surface area contributed by atoms with Crippen LogP contribution in [0.1, 0.15) is 29.9 Å². The van der Waals surface area contributed by atoms with E-state index in [0.29, 0.717) is 18.8 Å². The van der Waals surface area contributed by atoms with Gasteiger partial charge in [0.15, 0.2) is 0 Å². The highest BCUT2D eigenvalue weighted by Gasteiger charge is 2.22. The number of aromatic amines is 1. The van der Waals surface area contributed by atoms with E-state index in [4.69, 9.17) is 9.47 Å². The molecule has 0 amide bonds. The lowest BCUT2D eigenvalue weighted by Crippen LogP contribution is -2.40. The van der Waals surface area contributed by atoms with Gasteiger partial charge in [-0.05, 0) is 25.2 Å². The van der Waals surface area contributed by atoms with Crippen LogP contribution in [0.25, 0.3) is 5.69 Å². The second-order valence-corrected chi connectivity index (χ2v) is 5.73. The first kappa shape index (κ1) is 20.2. The van der Waals surface area contributed by atoms with Gasteiger partial charge < -0.3 is 19.6 Å². The molecule has 9 heteroatoms. The monoisotopic (exact) mass is 377 g/mol. The highest BCUT2D eigenvalue weighted by Crippen LogP contribution is 2.26. The Kier molecular flexibility index (Phi) is 6.40. The summed E-state index contributed by atoms with van der Waals surface area (Å²) in [6, 6.07) is 4.63. The van der Waals surface area contributed by atoms with Crippen LogP contribution in [0.3, 0.4) is 0 Å². The number of ether oxygens (including phenoxy) is 2. The number of nitrogens with one attached hydrogen (secondary N) is 1. The molecule has 9 nitrogen and oxygen atoms in total. The van der Waals surface area contributed by atoms with Gasteiger partial charge >= 0.3 is 11.7 Å². The van der Waals surface area contributed by atoms with Crippen LogP contribution in [0.2, 0.25) is 0 Å². The van der Waals surface area contributed by atoms with E-state index in [1.165, 1.54) is 26.4 Å². The SMILES string of the molecule is CCN(CC)Cc1c(C(=O)O)[nH]c(=O)n(-c2ccc(OC)cc2OC)c1=O. The maximum atomic E-state index is 13.1. The molecule has 2 aromatic rings. The molecular formula is C18H23N3O6. The lowest BCUT2D eigenvalue weighted by molar-refractivity contribution is 0.0686. The summed E-state index contributed by atoms with van der Waals surface area (Å²) in [6.45, 7) is 5.16. The highest BCUT2D eigenvalue weighted by molar-refractivity contribution is 5.86. The van der Waals surface area contributed by atoms with Gasteiger partial charge in [0.05, 0.1) is 25.5 Å². The molecule has 0 bridgehead atoms. The van der Waals surface area contributed by atoms with Gasteiger partial charge in [-0.3, -0.25) is 9.69 Å². The Morgan fingerprint density at radius 1 is 1.19 bits per heavy atom. The molecule has 146 valence electrons. The van der Waals surface area contributed by atoms with E-state index < -0.39 is 22.9 Å². The number of H-pyrrole nitrogens is 1. The van der Waals surface area contributed by atoms with Gasteiger partial charge in [0.1, 0.15) is 17.2 Å². The number of benzene rings is 1. The Labute approximate surface area is 155 Å². The molecule has 0 spiro atoms. The average molecular weight is 377 g/mol. The number of aromatic carboxylic acids is 1. The molecule has 0 aliphatic heterocycles. The molecular weight excluding hydrogens is 354 g/mol. The third-order valence-electron chi connectivity index (χ3n) is 4.32. The second kappa shape index (κ2) is 8.54. The quantitative estimate of drug-likeness (QED) is 0.708. The van der Waals surface area contributed by atoms with E-state index in [1.807, 2.05) is 18.7 Å². The summed E-state index contributed by atoms with van der Waals surface area (Å²) < 4.78 is 11.3. The standard InChI is InChI=1S/C18H23N3O6/c1-5-20(6-2)10-12-15(17(23)24)19-18(25)21(16(12)22)13-8-7-11(26-3)9-14(13)27-4/h7-9H,5-6,10H2,1-4H3,(H,19,25)(H,23,24). The van der Waals surface area contributed by atoms with E-state index in [-0.39, 0.29) is 23.5 Å². The fraction of sp³-hybridized carbons (Fsp3) is 0.389. The molecule has 0 aliphatic carbocycles. The van der Waals surface area contributed by atoms with Crippen LogP contribution in [0.4, 0.5) is 0 Å². The fourth-order valence-electron chi connectivity index (χ4n) is 2.76. The zero-order valence-electron chi connectivity index (χ0n) is 15.7. The van der Waals surface area contributed by atoms with Crippen molar-refractivity contribution in [2.75, 3.05) is 27.3 Å². The Morgan fingerprint density at radius 3 is 2.37 bits per heavy atom. The van der Waals surface area contributed by atoms with E-state index in [2.05, 4.69) is 4.98 Å². The van der Waals surface area contributed by atoms with E-state index in [1.54, 1.807) is 6.07 Å². The minimum absolute atomic E-state index is 0.00340. The number of carboxylic acid groups (broad SMARTS) is 1. The van der Waals surface area contributed by atoms with Gasteiger partial charge in [-0.2, -0.15) is 0 Å². The third-order valence-corrected chi connectivity index (χ3v) is 4.32. The number of rotatable bonds is 8. The first-order chi connectivity index (χ1) is 12.9. The van der Waals surface area contributed by atoms with E-state index in [9.17, 15) is 19.5 Å². The lowest BCUT2D eigenvalue weighted by Gasteiger charge is -2.19. The first-order valence-electron chi connectivity index (χ1n) is 8.44. The molecule has 27 heavy (non-hydrogen) atoms. The molecule has 0 saturated carbocycles. The molecule has 2 N–H and O–H groups in total. The van der Waals surface area contributed by atoms with Crippen LogP contribution in [0.15, 0.2) is 27.8 Å². The number of aromatic nitrogens is 2. The highest BCUT2D eigenvalue weighted by atomic mass is 16.5. The number of nitrogens with zero attached hydrogens (tertiary/aromatic N) is 2. The normalized spacial score (nSPS) is 10.9. The minimum Gasteiger partial charge on any atom is -0.497 e. The molecule has 0 radical (unpaired) electrons. The van der Waals surface area contributed by atoms with Crippen LogP contribution in [0.5, 0.6) is 11.5 Å². The number of carboxylic acids is 1. The minimum atomic E-state index is -1.36. The van der Waals surface area contributed by atoms with Crippen molar-refractivity contribution in [3.63, 3.8) is 0 Å². The van der Waals surface area contributed by atoms with Crippen LogP contribution in [0, 0.1) is 0 Å². The van der Waals surface area contributed by atoms with Crippen LogP contribution in [-0.4, -0.2) is 52.8 Å². The summed E-state index contributed by atoms with van der Waals surface area (Å²) in [7, 11) is 2.89. The Bertz CT molecular complexity index is 943. The smallest absolute Gasteiger partial charge is 0.352 e. The average Bonchev–Trinajstić information content (AvgIpc) is 2.67. The van der Waals surface area contributed by atoms with Crippen molar-refractivity contribution in [3.05, 3.63) is 50.3 Å².